The van der Waals surface area contributed by atoms with Gasteiger partial charge in [-0.2, -0.15) is 0 Å². The van der Waals surface area contributed by atoms with Gasteiger partial charge in [-0.25, -0.2) is 0 Å². The topological polar surface area (TPSA) is 30.0 Å². The molecule has 3 heteroatoms. The van der Waals surface area contributed by atoms with E-state index >= 15 is 0 Å². The highest BCUT2D eigenvalue weighted by molar-refractivity contribution is 7.80. The quantitative estimate of drug-likeness (QED) is 0.582. The minimum Gasteiger partial charge on any atom is -0.283 e. The fourth-order valence-electron chi connectivity index (χ4n) is 0.475. The van der Waals surface area contributed by atoms with Crippen LogP contribution < -0.4 is 0 Å². The molecule has 0 aliphatic carbocycles. The van der Waals surface area contributed by atoms with Gasteiger partial charge in [-0.05, 0) is 12.1 Å². The summed E-state index contributed by atoms with van der Waals surface area (Å²) in [7, 11) is 0. The molecule has 1 aromatic rings. The molecular formula is C6H4NOS. The number of thiol groups is 1. The molecule has 0 saturated carbocycles. The first-order valence-electron chi connectivity index (χ1n) is 2.36. The zero-order valence-electron chi connectivity index (χ0n) is 4.53. The maximum atomic E-state index is 9.99. The maximum Gasteiger partial charge on any atom is 0.254 e. The Bertz CT molecular complexity index is 224. The number of nitrogens with zero attached hydrogens (tertiary/aromatic N) is 1. The summed E-state index contributed by atoms with van der Waals surface area (Å²) >= 11 is 3.95. The van der Waals surface area contributed by atoms with Crippen LogP contribution in [0.3, 0.4) is 0 Å². The lowest BCUT2D eigenvalue weighted by Crippen LogP contribution is -1.86. The van der Waals surface area contributed by atoms with Crippen molar-refractivity contribution in [2.45, 2.75) is 4.90 Å². The van der Waals surface area contributed by atoms with Gasteiger partial charge in [-0.1, -0.05) is 0 Å². The van der Waals surface area contributed by atoms with Crippen LogP contribution in [0.15, 0.2) is 23.2 Å². The lowest BCUT2D eigenvalue weighted by Gasteiger charge is -1.89. The Balaban J connectivity index is 3.15. The first kappa shape index (κ1) is 6.29. The first-order chi connectivity index (χ1) is 4.34. The Morgan fingerprint density at radius 3 is 2.89 bits per heavy atom. The van der Waals surface area contributed by atoms with E-state index in [1.807, 2.05) is 0 Å². The van der Waals surface area contributed by atoms with Crippen molar-refractivity contribution in [1.82, 2.24) is 4.98 Å². The maximum absolute atomic E-state index is 9.99. The molecule has 0 unspecified atom stereocenters. The second-order valence-corrected chi connectivity index (χ2v) is 1.96. The summed E-state index contributed by atoms with van der Waals surface area (Å²) in [6.45, 7) is 0. The minimum absolute atomic E-state index is 0.265. The predicted molar refractivity (Wildman–Crippen MR) is 36.3 cm³/mol. The van der Waals surface area contributed by atoms with E-state index in [9.17, 15) is 4.79 Å². The molecule has 0 bridgehead atoms. The van der Waals surface area contributed by atoms with Gasteiger partial charge < -0.3 is 0 Å². The third-order valence-corrected chi connectivity index (χ3v) is 1.24. The summed E-state index contributed by atoms with van der Waals surface area (Å²) in [4.78, 5) is 14.3. The van der Waals surface area contributed by atoms with Crippen molar-refractivity contribution in [2.24, 2.45) is 0 Å². The smallest absolute Gasteiger partial charge is 0.254 e. The van der Waals surface area contributed by atoms with E-state index in [0.717, 1.165) is 0 Å². The van der Waals surface area contributed by atoms with Crippen LogP contribution in [0.1, 0.15) is 5.69 Å². The lowest BCUT2D eigenvalue weighted by molar-refractivity contribution is 0.560. The second kappa shape index (κ2) is 2.64. The van der Waals surface area contributed by atoms with Crippen LogP contribution in [-0.2, 0) is 4.79 Å². The summed E-state index contributed by atoms with van der Waals surface area (Å²) in [5, 5.41) is 0. The van der Waals surface area contributed by atoms with Crippen molar-refractivity contribution >= 4 is 18.9 Å². The number of rotatable bonds is 1. The molecule has 0 saturated heterocycles. The SMILES string of the molecule is O=[C]c1ncccc1S. The molecule has 0 aliphatic rings. The molecule has 0 amide bonds. The highest BCUT2D eigenvalue weighted by atomic mass is 32.1. The Morgan fingerprint density at radius 2 is 2.44 bits per heavy atom. The van der Waals surface area contributed by atoms with Gasteiger partial charge in [0.15, 0.2) is 0 Å². The largest absolute Gasteiger partial charge is 0.283 e. The molecule has 1 aromatic heterocycles. The van der Waals surface area contributed by atoms with E-state index in [2.05, 4.69) is 17.6 Å². The third kappa shape index (κ3) is 1.29. The van der Waals surface area contributed by atoms with Crippen molar-refractivity contribution in [1.29, 1.82) is 0 Å². The van der Waals surface area contributed by atoms with E-state index in [1.54, 1.807) is 18.4 Å². The Hall–Kier alpha value is -0.830. The van der Waals surface area contributed by atoms with Crippen molar-refractivity contribution in [3.8, 4) is 0 Å². The van der Waals surface area contributed by atoms with Gasteiger partial charge in [-0.3, -0.25) is 9.78 Å². The van der Waals surface area contributed by atoms with Crippen LogP contribution in [-0.4, -0.2) is 11.3 Å². The van der Waals surface area contributed by atoms with Crippen molar-refractivity contribution in [3.63, 3.8) is 0 Å². The van der Waals surface area contributed by atoms with Crippen molar-refractivity contribution in [2.75, 3.05) is 0 Å². The van der Waals surface area contributed by atoms with Crippen LogP contribution in [0.2, 0.25) is 0 Å². The molecule has 45 valence electrons. The highest BCUT2D eigenvalue weighted by Crippen LogP contribution is 2.05. The van der Waals surface area contributed by atoms with E-state index in [0.29, 0.717) is 4.90 Å². The minimum atomic E-state index is 0.265. The molecule has 0 aromatic carbocycles. The van der Waals surface area contributed by atoms with E-state index < -0.39 is 0 Å². The van der Waals surface area contributed by atoms with E-state index in [-0.39, 0.29) is 5.69 Å². The van der Waals surface area contributed by atoms with Crippen LogP contribution in [0.5, 0.6) is 0 Å². The van der Waals surface area contributed by atoms with Gasteiger partial charge >= 0.3 is 0 Å². The molecule has 2 nitrogen and oxygen atoms in total. The van der Waals surface area contributed by atoms with Crippen LogP contribution in [0.4, 0.5) is 0 Å². The van der Waals surface area contributed by atoms with E-state index in [4.69, 9.17) is 0 Å². The van der Waals surface area contributed by atoms with Crippen molar-refractivity contribution in [3.05, 3.63) is 24.0 Å². The monoisotopic (exact) mass is 138 g/mol. The number of pyridine rings is 1. The fourth-order valence-corrected chi connectivity index (χ4v) is 0.665. The zero-order chi connectivity index (χ0) is 6.69. The molecule has 9 heavy (non-hydrogen) atoms. The summed E-state index contributed by atoms with van der Waals surface area (Å²) < 4.78 is 0. The first-order valence-corrected chi connectivity index (χ1v) is 2.81. The molecule has 1 radical (unpaired) electrons. The summed E-state index contributed by atoms with van der Waals surface area (Å²) in [5.41, 5.74) is 0.265. The highest BCUT2D eigenvalue weighted by Gasteiger charge is 1.94. The molecule has 0 aliphatic heterocycles. The van der Waals surface area contributed by atoms with Crippen LogP contribution >= 0.6 is 12.6 Å². The molecule has 0 N–H and O–H groups in total. The zero-order valence-corrected chi connectivity index (χ0v) is 5.43. The number of hydrogen-bond acceptors (Lipinski definition) is 3. The van der Waals surface area contributed by atoms with Crippen molar-refractivity contribution < 1.29 is 4.79 Å². The molecule has 0 spiro atoms. The second-order valence-electron chi connectivity index (χ2n) is 1.47. The summed E-state index contributed by atoms with van der Waals surface area (Å²) in [5.74, 6) is 0. The van der Waals surface area contributed by atoms with Gasteiger partial charge in [0.05, 0.1) is 0 Å². The Labute approximate surface area is 58.3 Å². The predicted octanol–water partition coefficient (Wildman–Crippen LogP) is 0.828. The average Bonchev–Trinajstić information content (AvgIpc) is 1.89. The summed E-state index contributed by atoms with van der Waals surface area (Å²) in [6, 6.07) is 3.40. The molecule has 0 atom stereocenters. The van der Waals surface area contributed by atoms with Crippen LogP contribution in [0.25, 0.3) is 0 Å². The normalized spacial score (nSPS) is 9.00. The Morgan fingerprint density at radius 1 is 1.67 bits per heavy atom. The van der Waals surface area contributed by atoms with Crippen LogP contribution in [0, 0.1) is 0 Å². The molecular weight excluding hydrogens is 134 g/mol. The van der Waals surface area contributed by atoms with Gasteiger partial charge in [0.25, 0.3) is 6.29 Å². The lowest BCUT2D eigenvalue weighted by atomic mass is 10.4. The average molecular weight is 138 g/mol. The molecule has 0 fully saturated rings. The number of carbonyl (C=O) groups excluding carboxylic acids is 1. The standard InChI is InChI=1S/C6H4NOS/c8-4-5-6(9)2-1-3-7-5/h1-3,9H. The van der Waals surface area contributed by atoms with Gasteiger partial charge in [0.1, 0.15) is 5.69 Å². The third-order valence-electron chi connectivity index (χ3n) is 0.883. The molecule has 1 rings (SSSR count). The number of hydrogen-bond donors (Lipinski definition) is 1. The van der Waals surface area contributed by atoms with Gasteiger partial charge in [0.2, 0.25) is 0 Å². The molecule has 1 heterocycles. The summed E-state index contributed by atoms with van der Waals surface area (Å²) in [6.07, 6.45) is 3.19. The fraction of sp³-hybridized carbons (Fsp3) is 0. The van der Waals surface area contributed by atoms with Gasteiger partial charge in [-0.15, -0.1) is 12.6 Å². The number of aromatic nitrogens is 1. The van der Waals surface area contributed by atoms with Gasteiger partial charge in [0, 0.05) is 11.1 Å². The Kier molecular flexibility index (Phi) is 1.85. The van der Waals surface area contributed by atoms with E-state index in [1.165, 1.54) is 6.20 Å².